The molecule has 0 aliphatic carbocycles. The molecule has 0 aromatic carbocycles. The molecular weight excluding hydrogens is 214 g/mol. The highest BCUT2D eigenvalue weighted by Gasteiger charge is 2.33. The maximum Gasteiger partial charge on any atom is 0.320 e. The van der Waals surface area contributed by atoms with Crippen LogP contribution in [0.25, 0.3) is 0 Å². The van der Waals surface area contributed by atoms with Crippen LogP contribution in [-0.4, -0.2) is 72.7 Å². The van der Waals surface area contributed by atoms with Gasteiger partial charge in [-0.3, -0.25) is 0 Å². The minimum Gasteiger partial charge on any atom is -0.325 e. The van der Waals surface area contributed by atoms with Crippen LogP contribution in [0, 0.1) is 0 Å². The van der Waals surface area contributed by atoms with Gasteiger partial charge in [0.05, 0.1) is 39.3 Å². The van der Waals surface area contributed by atoms with E-state index < -0.39 is 0 Å². The van der Waals surface area contributed by atoms with Gasteiger partial charge in [-0.15, -0.1) is 0 Å². The van der Waals surface area contributed by atoms with Gasteiger partial charge in [0, 0.05) is 13.1 Å². The van der Waals surface area contributed by atoms with E-state index in [-0.39, 0.29) is 6.03 Å². The molecule has 4 heteroatoms. The lowest BCUT2D eigenvalue weighted by Crippen LogP contribution is -2.62. The molecule has 0 spiro atoms. The number of carbonyl (C=O) groups is 1. The Morgan fingerprint density at radius 1 is 1.24 bits per heavy atom. The van der Waals surface area contributed by atoms with E-state index in [0.717, 1.165) is 43.8 Å². The summed E-state index contributed by atoms with van der Waals surface area (Å²) in [6.45, 7) is 14.2. The van der Waals surface area contributed by atoms with Gasteiger partial charge >= 0.3 is 6.03 Å². The third-order valence-electron chi connectivity index (χ3n) is 4.31. The fraction of sp³-hybridized carbons (Fsp3) is 0.923. The molecule has 0 saturated carbocycles. The number of nitrogens with zero attached hydrogens (tertiary/aromatic N) is 3. The molecule has 1 heterocycles. The maximum atomic E-state index is 12.2. The maximum absolute atomic E-state index is 12.2. The van der Waals surface area contributed by atoms with Crippen molar-refractivity contribution in [1.29, 1.82) is 0 Å². The van der Waals surface area contributed by atoms with E-state index in [2.05, 4.69) is 20.9 Å². The van der Waals surface area contributed by atoms with E-state index >= 15 is 0 Å². The molecule has 0 aromatic rings. The molecule has 1 rings (SSSR count). The van der Waals surface area contributed by atoms with Crippen molar-refractivity contribution in [3.05, 3.63) is 0 Å². The van der Waals surface area contributed by atoms with Gasteiger partial charge in [0.15, 0.2) is 0 Å². The van der Waals surface area contributed by atoms with Crippen molar-refractivity contribution < 1.29 is 9.28 Å². The number of urea groups is 1. The molecule has 0 bridgehead atoms. The lowest BCUT2D eigenvalue weighted by atomic mass is 10.2. The average Bonchev–Trinajstić information content (AvgIpc) is 2.31. The van der Waals surface area contributed by atoms with E-state index in [1.54, 1.807) is 0 Å². The van der Waals surface area contributed by atoms with Crippen molar-refractivity contribution in [1.82, 2.24) is 9.80 Å². The summed E-state index contributed by atoms with van der Waals surface area (Å²) in [5.74, 6) is 0. The summed E-state index contributed by atoms with van der Waals surface area (Å²) < 4.78 is 1.09. The Kier molecular flexibility index (Phi) is 4.80. The topological polar surface area (TPSA) is 23.6 Å². The zero-order valence-corrected chi connectivity index (χ0v) is 12.1. The minimum atomic E-state index is 0.213. The Balaban J connectivity index is 2.55. The Hall–Kier alpha value is -0.770. The lowest BCUT2D eigenvalue weighted by molar-refractivity contribution is -0.933. The molecule has 1 fully saturated rings. The largest absolute Gasteiger partial charge is 0.325 e. The number of rotatable bonds is 3. The van der Waals surface area contributed by atoms with Gasteiger partial charge in [-0.1, -0.05) is 0 Å². The van der Waals surface area contributed by atoms with Crippen LogP contribution < -0.4 is 0 Å². The number of hydrogen-bond donors (Lipinski definition) is 0. The first-order chi connectivity index (χ1) is 7.94. The van der Waals surface area contributed by atoms with Crippen LogP contribution in [0.2, 0.25) is 0 Å². The fourth-order valence-corrected chi connectivity index (χ4v) is 2.32. The molecule has 0 unspecified atom stereocenters. The second-order valence-corrected chi connectivity index (χ2v) is 5.46. The minimum absolute atomic E-state index is 0.213. The first kappa shape index (κ1) is 14.3. The quantitative estimate of drug-likeness (QED) is 0.690. The third-order valence-corrected chi connectivity index (χ3v) is 4.31. The molecule has 1 saturated heterocycles. The second kappa shape index (κ2) is 5.71. The van der Waals surface area contributed by atoms with Crippen molar-refractivity contribution in [2.75, 3.05) is 46.3 Å². The fourth-order valence-electron chi connectivity index (χ4n) is 2.32. The molecular formula is C13H28N3O+. The number of piperazine rings is 1. The molecule has 1 aliphatic rings. The molecule has 0 radical (unpaired) electrons. The van der Waals surface area contributed by atoms with Crippen molar-refractivity contribution in [2.45, 2.75) is 33.7 Å². The summed E-state index contributed by atoms with van der Waals surface area (Å²) >= 11 is 0. The molecule has 0 N–H and O–H groups in total. The van der Waals surface area contributed by atoms with Gasteiger partial charge in [-0.2, -0.15) is 0 Å². The van der Waals surface area contributed by atoms with Gasteiger partial charge in [0.1, 0.15) is 0 Å². The number of carbonyl (C=O) groups excluding carboxylic acids is 1. The van der Waals surface area contributed by atoms with E-state index in [9.17, 15) is 4.79 Å². The Morgan fingerprint density at radius 2 is 1.71 bits per heavy atom. The molecule has 0 aromatic heterocycles. The van der Waals surface area contributed by atoms with Crippen LogP contribution in [0.4, 0.5) is 4.79 Å². The monoisotopic (exact) mass is 242 g/mol. The van der Waals surface area contributed by atoms with Gasteiger partial charge in [-0.05, 0) is 27.7 Å². The first-order valence-corrected chi connectivity index (χ1v) is 6.82. The van der Waals surface area contributed by atoms with E-state index in [1.165, 1.54) is 0 Å². The molecule has 1 aliphatic heterocycles. The summed E-state index contributed by atoms with van der Waals surface area (Å²) in [4.78, 5) is 16.1. The van der Waals surface area contributed by atoms with Crippen LogP contribution in [0.5, 0.6) is 0 Å². The van der Waals surface area contributed by atoms with Crippen molar-refractivity contribution in [3.8, 4) is 0 Å². The summed E-state index contributed by atoms with van der Waals surface area (Å²) in [7, 11) is 2.30. The summed E-state index contributed by atoms with van der Waals surface area (Å²) in [6, 6.07) is 0.853. The van der Waals surface area contributed by atoms with Gasteiger partial charge in [0.2, 0.25) is 0 Å². The highest BCUT2D eigenvalue weighted by molar-refractivity contribution is 5.74. The Morgan fingerprint density at radius 3 is 2.06 bits per heavy atom. The van der Waals surface area contributed by atoms with Crippen LogP contribution in [0.3, 0.4) is 0 Å². The van der Waals surface area contributed by atoms with E-state index in [0.29, 0.717) is 6.04 Å². The van der Waals surface area contributed by atoms with Crippen LogP contribution in [0.15, 0.2) is 0 Å². The van der Waals surface area contributed by atoms with Crippen molar-refractivity contribution in [3.63, 3.8) is 0 Å². The van der Waals surface area contributed by atoms with Crippen molar-refractivity contribution in [2.24, 2.45) is 0 Å². The Bertz CT molecular complexity index is 253. The lowest BCUT2D eigenvalue weighted by Gasteiger charge is -2.45. The zero-order valence-electron chi connectivity index (χ0n) is 12.1. The molecule has 100 valence electrons. The van der Waals surface area contributed by atoms with Crippen LogP contribution in [-0.2, 0) is 0 Å². The number of amides is 2. The number of hydrogen-bond acceptors (Lipinski definition) is 1. The Labute approximate surface area is 106 Å². The summed E-state index contributed by atoms with van der Waals surface area (Å²) in [6.07, 6.45) is 0. The normalized spacial score (nSPS) is 19.5. The third kappa shape index (κ3) is 3.12. The van der Waals surface area contributed by atoms with Crippen LogP contribution in [0.1, 0.15) is 27.7 Å². The predicted octanol–water partition coefficient (Wildman–Crippen LogP) is 1.62. The number of quaternary nitrogens is 1. The summed E-state index contributed by atoms with van der Waals surface area (Å²) in [5, 5.41) is 0. The predicted molar refractivity (Wildman–Crippen MR) is 70.9 cm³/mol. The highest BCUT2D eigenvalue weighted by Crippen LogP contribution is 2.15. The SMILES string of the molecule is CCN(CC)C(=O)N1CC[N+](C)(C(C)C)CC1. The first-order valence-electron chi connectivity index (χ1n) is 6.82. The van der Waals surface area contributed by atoms with Gasteiger partial charge in [0.25, 0.3) is 0 Å². The highest BCUT2D eigenvalue weighted by atomic mass is 16.2. The zero-order chi connectivity index (χ0) is 13.1. The van der Waals surface area contributed by atoms with Crippen molar-refractivity contribution >= 4 is 6.03 Å². The smallest absolute Gasteiger partial charge is 0.320 e. The van der Waals surface area contributed by atoms with E-state index in [4.69, 9.17) is 0 Å². The van der Waals surface area contributed by atoms with E-state index in [1.807, 2.05) is 23.6 Å². The molecule has 4 nitrogen and oxygen atoms in total. The summed E-state index contributed by atoms with van der Waals surface area (Å²) in [5.41, 5.74) is 0. The van der Waals surface area contributed by atoms with Gasteiger partial charge < -0.3 is 14.3 Å². The molecule has 0 atom stereocenters. The average molecular weight is 242 g/mol. The number of likely N-dealkylation sites (N-methyl/N-ethyl adjacent to an activating group) is 1. The van der Waals surface area contributed by atoms with Crippen LogP contribution >= 0.6 is 0 Å². The molecule has 2 amide bonds. The standard InChI is InChI=1S/C13H28N3O/c1-6-14(7-2)13(17)15-8-10-16(5,11-9-15)12(3)4/h12H,6-11H2,1-5H3/q+1. The second-order valence-electron chi connectivity index (χ2n) is 5.46. The molecule has 17 heavy (non-hydrogen) atoms. The van der Waals surface area contributed by atoms with Gasteiger partial charge in [-0.25, -0.2) is 4.79 Å².